The molecule has 1 atom stereocenters. The Kier molecular flexibility index (Phi) is 6.37. The van der Waals surface area contributed by atoms with Crippen molar-refractivity contribution >= 4 is 55.7 Å². The Morgan fingerprint density at radius 2 is 2.30 bits per heavy atom. The number of thiophene rings is 1. The monoisotopic (exact) mass is 479 g/mol. The molecule has 0 unspecified atom stereocenters. The summed E-state index contributed by atoms with van der Waals surface area (Å²) in [6, 6.07) is 3.86. The molecule has 0 amide bonds. The van der Waals surface area contributed by atoms with Crippen LogP contribution in [0.1, 0.15) is 17.6 Å². The third-order valence-electron chi connectivity index (χ3n) is 3.86. The predicted molar refractivity (Wildman–Crippen MR) is 107 cm³/mol. The highest BCUT2D eigenvalue weighted by Gasteiger charge is 2.45. The van der Waals surface area contributed by atoms with E-state index in [1.807, 2.05) is 17.5 Å². The van der Waals surface area contributed by atoms with Crippen LogP contribution in [-0.2, 0) is 17.2 Å². The first-order valence-electron chi connectivity index (χ1n) is 8.11. The maximum absolute atomic E-state index is 14.8. The van der Waals surface area contributed by atoms with Gasteiger partial charge in [0.2, 0.25) is 0 Å². The zero-order valence-electron chi connectivity index (χ0n) is 14.3. The quantitative estimate of drug-likeness (QED) is 0.424. The van der Waals surface area contributed by atoms with Crippen molar-refractivity contribution in [1.29, 1.82) is 0 Å². The Balaban J connectivity index is 1.98. The summed E-state index contributed by atoms with van der Waals surface area (Å²) < 4.78 is 40.2. The van der Waals surface area contributed by atoms with Crippen LogP contribution < -0.4 is 11.1 Å². The SMILES string of the molecule is CCOC[C@H](N)C(F)(F)c1oc2c(NCc3cccs3)cc(Cl)nc2c1Br. The van der Waals surface area contributed by atoms with E-state index in [9.17, 15) is 8.78 Å². The van der Waals surface area contributed by atoms with Crippen LogP contribution >= 0.6 is 38.9 Å². The van der Waals surface area contributed by atoms with Crippen molar-refractivity contribution < 1.29 is 17.9 Å². The number of alkyl halides is 2. The van der Waals surface area contributed by atoms with Gasteiger partial charge in [-0.05, 0) is 34.3 Å². The number of hydrogen-bond acceptors (Lipinski definition) is 6. The summed E-state index contributed by atoms with van der Waals surface area (Å²) in [5.74, 6) is -4.05. The molecule has 0 saturated carbocycles. The molecule has 3 N–H and O–H groups in total. The Labute approximate surface area is 172 Å². The van der Waals surface area contributed by atoms with Crippen molar-refractivity contribution in [2.75, 3.05) is 18.5 Å². The molecule has 0 fully saturated rings. The number of nitrogens with zero attached hydrogens (tertiary/aromatic N) is 1. The molecule has 0 aliphatic rings. The number of nitrogens with one attached hydrogen (secondary N) is 1. The molecular weight excluding hydrogens is 464 g/mol. The van der Waals surface area contributed by atoms with Gasteiger partial charge in [0, 0.05) is 24.1 Å². The van der Waals surface area contributed by atoms with E-state index < -0.39 is 17.7 Å². The van der Waals surface area contributed by atoms with Gasteiger partial charge in [-0.15, -0.1) is 11.3 Å². The molecule has 3 heterocycles. The maximum Gasteiger partial charge on any atom is 0.322 e. The second-order valence-corrected chi connectivity index (χ2v) is 7.95. The summed E-state index contributed by atoms with van der Waals surface area (Å²) in [6.07, 6.45) is 0. The number of hydrogen-bond donors (Lipinski definition) is 2. The highest BCUT2D eigenvalue weighted by Crippen LogP contribution is 2.43. The molecule has 0 aliphatic heterocycles. The van der Waals surface area contributed by atoms with Crippen molar-refractivity contribution in [3.05, 3.63) is 43.8 Å². The summed E-state index contributed by atoms with van der Waals surface area (Å²) in [4.78, 5) is 5.19. The van der Waals surface area contributed by atoms with E-state index in [-0.39, 0.29) is 27.3 Å². The molecule has 27 heavy (non-hydrogen) atoms. The van der Waals surface area contributed by atoms with Crippen molar-refractivity contribution in [3.8, 4) is 0 Å². The lowest BCUT2D eigenvalue weighted by Crippen LogP contribution is -2.42. The van der Waals surface area contributed by atoms with E-state index >= 15 is 0 Å². The zero-order chi connectivity index (χ0) is 19.6. The second kappa shape index (κ2) is 8.40. The number of fused-ring (bicyclic) bond motifs is 1. The van der Waals surface area contributed by atoms with Crippen molar-refractivity contribution in [3.63, 3.8) is 0 Å². The fraction of sp³-hybridized carbons (Fsp3) is 0.353. The number of rotatable bonds is 8. The van der Waals surface area contributed by atoms with Crippen LogP contribution in [-0.4, -0.2) is 24.2 Å². The molecule has 5 nitrogen and oxygen atoms in total. The largest absolute Gasteiger partial charge is 0.449 e. The molecule has 3 aromatic heterocycles. The standard InChI is InChI=1S/C17H17BrClF2N3O2S/c1-2-25-8-11(22)17(20,21)16-13(18)14-15(26-16)10(6-12(19)24-14)23-7-9-4-3-5-27-9/h3-6,11H,2,7-8,22H2,1H3,(H,23,24)/t11-/m0/s1. The Hall–Kier alpha value is -1.26. The fourth-order valence-corrected chi connectivity index (χ4v) is 3.92. The molecule has 0 aliphatic carbocycles. The molecule has 10 heteroatoms. The molecule has 0 aromatic carbocycles. The number of ether oxygens (including phenoxy) is 1. The normalized spacial score (nSPS) is 13.3. The Morgan fingerprint density at radius 3 is 2.96 bits per heavy atom. The van der Waals surface area contributed by atoms with Crippen LogP contribution in [0.15, 0.2) is 32.5 Å². The highest BCUT2D eigenvalue weighted by molar-refractivity contribution is 9.10. The van der Waals surface area contributed by atoms with Crippen molar-refractivity contribution in [1.82, 2.24) is 4.98 Å². The number of furan rings is 1. The van der Waals surface area contributed by atoms with Crippen LogP contribution in [0.4, 0.5) is 14.5 Å². The Morgan fingerprint density at radius 1 is 1.52 bits per heavy atom. The van der Waals surface area contributed by atoms with Crippen LogP contribution in [0.3, 0.4) is 0 Å². The smallest absolute Gasteiger partial charge is 0.322 e. The molecule has 0 saturated heterocycles. The third-order valence-corrected chi connectivity index (χ3v) is 5.66. The second-order valence-electron chi connectivity index (χ2n) is 5.74. The summed E-state index contributed by atoms with van der Waals surface area (Å²) in [6.45, 7) is 2.20. The predicted octanol–water partition coefficient (Wildman–Crippen LogP) is 5.37. The van der Waals surface area contributed by atoms with Gasteiger partial charge in [0.05, 0.1) is 16.8 Å². The lowest BCUT2D eigenvalue weighted by molar-refractivity contribution is -0.0722. The molecule has 0 bridgehead atoms. The van der Waals surface area contributed by atoms with E-state index in [1.165, 1.54) is 6.07 Å². The average Bonchev–Trinajstić information content (AvgIpc) is 3.26. The van der Waals surface area contributed by atoms with Gasteiger partial charge >= 0.3 is 5.92 Å². The minimum atomic E-state index is -3.45. The molecular formula is C17H17BrClF2N3O2S. The third kappa shape index (κ3) is 4.27. The van der Waals surface area contributed by atoms with Crippen molar-refractivity contribution in [2.45, 2.75) is 25.4 Å². The lowest BCUT2D eigenvalue weighted by Gasteiger charge is -2.21. The number of nitrogens with two attached hydrogens (primary N) is 1. The molecule has 0 radical (unpaired) electrons. The summed E-state index contributed by atoms with van der Waals surface area (Å²) in [5.41, 5.74) is 6.49. The first kappa shape index (κ1) is 20.5. The van der Waals surface area contributed by atoms with E-state index in [2.05, 4.69) is 26.2 Å². The fourth-order valence-electron chi connectivity index (χ4n) is 2.47. The van der Waals surface area contributed by atoms with Crippen LogP contribution in [0.5, 0.6) is 0 Å². The van der Waals surface area contributed by atoms with Gasteiger partial charge < -0.3 is 20.2 Å². The topological polar surface area (TPSA) is 73.3 Å². The van der Waals surface area contributed by atoms with Gasteiger partial charge in [-0.3, -0.25) is 0 Å². The lowest BCUT2D eigenvalue weighted by atomic mass is 10.1. The van der Waals surface area contributed by atoms with E-state index in [4.69, 9.17) is 26.5 Å². The summed E-state index contributed by atoms with van der Waals surface area (Å²) in [7, 11) is 0. The highest BCUT2D eigenvalue weighted by atomic mass is 79.9. The summed E-state index contributed by atoms with van der Waals surface area (Å²) >= 11 is 10.8. The van der Waals surface area contributed by atoms with Gasteiger partial charge in [0.1, 0.15) is 16.7 Å². The molecule has 146 valence electrons. The van der Waals surface area contributed by atoms with Crippen LogP contribution in [0.2, 0.25) is 5.15 Å². The Bertz CT molecular complexity index is 921. The molecule has 0 spiro atoms. The molecule has 3 aromatic rings. The van der Waals surface area contributed by atoms with Gasteiger partial charge in [-0.2, -0.15) is 8.78 Å². The van der Waals surface area contributed by atoms with Gasteiger partial charge in [-0.1, -0.05) is 17.7 Å². The van der Waals surface area contributed by atoms with Gasteiger partial charge in [0.25, 0.3) is 0 Å². The van der Waals surface area contributed by atoms with Crippen molar-refractivity contribution in [2.24, 2.45) is 5.73 Å². The van der Waals surface area contributed by atoms with E-state index in [0.717, 1.165) is 4.88 Å². The zero-order valence-corrected chi connectivity index (χ0v) is 17.4. The average molecular weight is 481 g/mol. The number of halogens is 4. The minimum Gasteiger partial charge on any atom is -0.449 e. The van der Waals surface area contributed by atoms with Crippen LogP contribution in [0.25, 0.3) is 11.1 Å². The number of pyridine rings is 1. The van der Waals surface area contributed by atoms with E-state index in [1.54, 1.807) is 18.3 Å². The minimum absolute atomic E-state index is 0.0242. The maximum atomic E-state index is 14.8. The first-order chi connectivity index (χ1) is 12.8. The van der Waals surface area contributed by atoms with Gasteiger partial charge in [-0.25, -0.2) is 4.98 Å². The number of anilines is 1. The van der Waals surface area contributed by atoms with Crippen LogP contribution in [0, 0.1) is 0 Å². The van der Waals surface area contributed by atoms with E-state index in [0.29, 0.717) is 18.8 Å². The summed E-state index contributed by atoms with van der Waals surface area (Å²) in [5, 5.41) is 5.27. The number of aromatic nitrogens is 1. The first-order valence-corrected chi connectivity index (χ1v) is 10.2. The van der Waals surface area contributed by atoms with Gasteiger partial charge in [0.15, 0.2) is 11.3 Å². The molecule has 3 rings (SSSR count).